The van der Waals surface area contributed by atoms with Crippen LogP contribution in [0.15, 0.2) is 72.3 Å². The lowest BCUT2D eigenvalue weighted by Gasteiger charge is -2.53. The number of carbonyl (C=O) groups excluding carboxylic acids is 2. The Balaban J connectivity index is 0.000000231. The number of amides is 2. The number of halogens is 3. The van der Waals surface area contributed by atoms with E-state index in [9.17, 15) is 28.3 Å². The summed E-state index contributed by atoms with van der Waals surface area (Å²) in [6.07, 6.45) is 13.4. The summed E-state index contributed by atoms with van der Waals surface area (Å²) < 4.78 is 47.6. The molecule has 0 radical (unpaired) electrons. The molecule has 0 unspecified atom stereocenters. The predicted molar refractivity (Wildman–Crippen MR) is 236 cm³/mol. The monoisotopic (exact) mass is 885 g/mol. The quantitative estimate of drug-likeness (QED) is 0.137. The van der Waals surface area contributed by atoms with E-state index in [-0.39, 0.29) is 72.5 Å². The predicted octanol–water partition coefficient (Wildman–Crippen LogP) is 9.31. The van der Waals surface area contributed by atoms with Crippen molar-refractivity contribution < 1.29 is 47.2 Å². The minimum Gasteiger partial charge on any atom is -0.489 e. The van der Waals surface area contributed by atoms with Crippen LogP contribution in [0.1, 0.15) is 122 Å². The summed E-state index contributed by atoms with van der Waals surface area (Å²) in [4.78, 5) is 36.4. The molecule has 5 N–H and O–H groups in total. The van der Waals surface area contributed by atoms with Gasteiger partial charge in [-0.25, -0.2) is 13.6 Å². The Labute approximate surface area is 371 Å². The van der Waals surface area contributed by atoms with Crippen molar-refractivity contribution in [2.75, 3.05) is 33.4 Å². The van der Waals surface area contributed by atoms with Crippen molar-refractivity contribution in [3.05, 3.63) is 83.5 Å². The van der Waals surface area contributed by atoms with Gasteiger partial charge in [-0.05, 0) is 157 Å². The standard InChI is InChI=1S/C24H33FN2O3.C24H32FNO5.ClH/c1-29-21-12-19(13-21)27-22(28)24-9-6-23(7-10-24,8-11-24)18-2-4-20(5-3-18)30-16-17(14-25)15-26;1-22(2,3)31-21(29)26-15-17(14-25)16-30-19-6-4-18(5-7-19)23-8-11-24(12-9-23,13-10-23)20(27)28;/h2-5,14,19,21H,6-13,15-16,26H2,1H3,(H,27,28);4-7,14H,8-13,15-16H2,1-3H3,(H,26,29)(H,27,28);1H/b2*17-14+;. The molecule has 7 fully saturated rings. The number of alkyl carbamates (subject to hydrolysis) is 1. The lowest BCUT2D eigenvalue weighted by molar-refractivity contribution is -0.156. The van der Waals surface area contributed by atoms with Crippen molar-refractivity contribution >= 4 is 30.4 Å². The molecule has 0 atom stereocenters. The summed E-state index contributed by atoms with van der Waals surface area (Å²) in [6, 6.07) is 16.3. The number of nitrogens with two attached hydrogens (primary N) is 1. The number of methoxy groups -OCH3 is 1. The number of aliphatic carboxylic acids is 1. The molecule has 0 aromatic heterocycles. The van der Waals surface area contributed by atoms with E-state index in [0.29, 0.717) is 30.1 Å². The average Bonchev–Trinajstić information content (AvgIpc) is 3.26. The van der Waals surface area contributed by atoms with Gasteiger partial charge in [0.05, 0.1) is 24.2 Å². The van der Waals surface area contributed by atoms with Crippen molar-refractivity contribution in [1.82, 2.24) is 10.6 Å². The van der Waals surface area contributed by atoms with Crippen LogP contribution in [-0.2, 0) is 29.9 Å². The molecule has 0 spiro atoms. The number of nitrogens with one attached hydrogen (secondary N) is 2. The molecule has 2 aromatic carbocycles. The van der Waals surface area contributed by atoms with E-state index in [1.807, 2.05) is 36.4 Å². The van der Waals surface area contributed by atoms with E-state index in [1.54, 1.807) is 27.9 Å². The molecule has 14 heteroatoms. The summed E-state index contributed by atoms with van der Waals surface area (Å²) in [7, 11) is 1.74. The lowest BCUT2D eigenvalue weighted by Crippen LogP contribution is -2.56. The topological polar surface area (TPSA) is 158 Å². The van der Waals surface area contributed by atoms with Gasteiger partial charge >= 0.3 is 12.1 Å². The summed E-state index contributed by atoms with van der Waals surface area (Å²) in [6.45, 7) is 5.60. The molecule has 7 aliphatic rings. The Hall–Kier alpha value is -4.20. The number of hydrogen-bond acceptors (Lipinski definition) is 8. The molecule has 0 aliphatic heterocycles. The number of fused-ring (bicyclic) bond motifs is 6. The SMILES string of the molecule is CC(C)(C)OC(=O)NC/C(=C\F)COc1ccc(C23CCC(C(=O)O)(CC2)CC3)cc1.COC1CC(NC(=O)C23CCC(c4ccc(OC/C(=C/F)CN)cc4)(CC2)CC3)C1.Cl. The number of carbonyl (C=O) groups is 3. The summed E-state index contributed by atoms with van der Waals surface area (Å²) >= 11 is 0. The second kappa shape index (κ2) is 20.5. The Morgan fingerprint density at radius 2 is 1.18 bits per heavy atom. The van der Waals surface area contributed by atoms with Gasteiger partial charge in [0.2, 0.25) is 5.91 Å². The minimum atomic E-state index is -0.651. The fourth-order valence-corrected chi connectivity index (χ4v) is 10.0. The summed E-state index contributed by atoms with van der Waals surface area (Å²) in [5.41, 5.74) is 7.63. The Bertz CT molecular complexity index is 1860. The maximum atomic E-state index is 13.2. The van der Waals surface area contributed by atoms with Crippen LogP contribution in [0.4, 0.5) is 13.6 Å². The van der Waals surface area contributed by atoms with E-state index in [4.69, 9.17) is 24.7 Å². The zero-order valence-electron chi connectivity index (χ0n) is 36.7. The molecule has 2 amide bonds. The fraction of sp³-hybridized carbons (Fsp3) is 0.604. The third kappa shape index (κ3) is 11.3. The molecular formula is C48H66ClF2N3O8. The third-order valence-corrected chi connectivity index (χ3v) is 14.4. The first-order valence-corrected chi connectivity index (χ1v) is 21.9. The Morgan fingerprint density at radius 3 is 1.56 bits per heavy atom. The number of ether oxygens (including phenoxy) is 4. The van der Waals surface area contributed by atoms with Gasteiger partial charge in [0.25, 0.3) is 0 Å². The third-order valence-electron chi connectivity index (χ3n) is 14.4. The molecule has 2 aromatic rings. The van der Waals surface area contributed by atoms with Gasteiger partial charge < -0.3 is 40.4 Å². The molecular weight excluding hydrogens is 820 g/mol. The highest BCUT2D eigenvalue weighted by molar-refractivity contribution is 5.85. The van der Waals surface area contributed by atoms with Crippen molar-refractivity contribution in [3.8, 4) is 11.5 Å². The number of rotatable bonds is 15. The van der Waals surface area contributed by atoms with Gasteiger partial charge in [-0.3, -0.25) is 9.59 Å². The van der Waals surface area contributed by atoms with Crippen molar-refractivity contribution in [1.29, 1.82) is 0 Å². The maximum absolute atomic E-state index is 13.2. The molecule has 7 saturated carbocycles. The highest BCUT2D eigenvalue weighted by atomic mass is 35.5. The van der Waals surface area contributed by atoms with Gasteiger partial charge in [-0.15, -0.1) is 12.4 Å². The van der Waals surface area contributed by atoms with Gasteiger partial charge in [0.1, 0.15) is 30.3 Å². The molecule has 4 bridgehead atoms. The highest BCUT2D eigenvalue weighted by Gasteiger charge is 2.54. The minimum absolute atomic E-state index is 0. The van der Waals surface area contributed by atoms with E-state index in [1.165, 1.54) is 11.1 Å². The van der Waals surface area contributed by atoms with Crippen LogP contribution >= 0.6 is 12.4 Å². The van der Waals surface area contributed by atoms with E-state index >= 15 is 0 Å². The van der Waals surface area contributed by atoms with Crippen LogP contribution in [0.25, 0.3) is 0 Å². The van der Waals surface area contributed by atoms with Gasteiger partial charge in [0, 0.05) is 42.8 Å². The number of benzene rings is 2. The Morgan fingerprint density at radius 1 is 0.742 bits per heavy atom. The van der Waals surface area contributed by atoms with E-state index in [2.05, 4.69) is 22.8 Å². The van der Waals surface area contributed by atoms with Gasteiger partial charge in [-0.2, -0.15) is 0 Å². The highest BCUT2D eigenvalue weighted by Crippen LogP contribution is 2.59. The summed E-state index contributed by atoms with van der Waals surface area (Å²) in [5, 5.41) is 15.4. The second-order valence-electron chi connectivity index (χ2n) is 19.1. The first-order valence-electron chi connectivity index (χ1n) is 21.9. The van der Waals surface area contributed by atoms with Gasteiger partial charge in [-0.1, -0.05) is 24.3 Å². The largest absolute Gasteiger partial charge is 0.489 e. The molecule has 62 heavy (non-hydrogen) atoms. The number of carboxylic acids is 1. The number of carboxylic acid groups (broad SMARTS) is 1. The normalized spacial score (nSPS) is 28.9. The Kier molecular flexibility index (Phi) is 16.2. The van der Waals surface area contributed by atoms with E-state index in [0.717, 1.165) is 95.6 Å². The molecule has 7 aliphatic carbocycles. The van der Waals surface area contributed by atoms with Crippen LogP contribution < -0.4 is 25.8 Å². The zero-order valence-corrected chi connectivity index (χ0v) is 37.5. The van der Waals surface area contributed by atoms with Gasteiger partial charge in [0.15, 0.2) is 0 Å². The van der Waals surface area contributed by atoms with Crippen molar-refractivity contribution in [3.63, 3.8) is 0 Å². The molecule has 9 rings (SSSR count). The fourth-order valence-electron chi connectivity index (χ4n) is 10.0. The van der Waals surface area contributed by atoms with E-state index < -0.39 is 23.1 Å². The average molecular weight is 887 g/mol. The molecule has 11 nitrogen and oxygen atoms in total. The second-order valence-corrected chi connectivity index (χ2v) is 19.1. The zero-order chi connectivity index (χ0) is 43.9. The van der Waals surface area contributed by atoms with Crippen LogP contribution in [0.2, 0.25) is 0 Å². The molecule has 0 heterocycles. The van der Waals surface area contributed by atoms with Crippen LogP contribution in [0.5, 0.6) is 11.5 Å². The van der Waals surface area contributed by atoms with Crippen molar-refractivity contribution in [2.45, 2.75) is 139 Å². The smallest absolute Gasteiger partial charge is 0.407 e. The molecule has 0 saturated heterocycles. The first kappa shape index (κ1) is 48.8. The summed E-state index contributed by atoms with van der Waals surface area (Å²) in [5.74, 6) is 0.944. The number of hydrogen-bond donors (Lipinski definition) is 4. The van der Waals surface area contributed by atoms with Crippen molar-refractivity contribution in [2.24, 2.45) is 16.6 Å². The lowest BCUT2D eigenvalue weighted by atomic mass is 9.51. The van der Waals surface area contributed by atoms with Crippen LogP contribution in [0.3, 0.4) is 0 Å². The van der Waals surface area contributed by atoms with Crippen LogP contribution in [0, 0.1) is 10.8 Å². The van der Waals surface area contributed by atoms with Crippen LogP contribution in [-0.4, -0.2) is 74.2 Å². The molecule has 342 valence electrons. The first-order chi connectivity index (χ1) is 29.1. The maximum Gasteiger partial charge on any atom is 0.407 e.